The molecule has 2 aromatic rings. The highest BCUT2D eigenvalue weighted by atomic mass is 19.4. The Morgan fingerprint density at radius 2 is 1.96 bits per heavy atom. The Morgan fingerprint density at radius 1 is 1.22 bits per heavy atom. The van der Waals surface area contributed by atoms with Crippen molar-refractivity contribution in [3.63, 3.8) is 0 Å². The maximum Gasteiger partial charge on any atom is 0.417 e. The van der Waals surface area contributed by atoms with Gasteiger partial charge in [-0.1, -0.05) is 0 Å². The number of rotatable bonds is 2. The number of benzene rings is 1. The summed E-state index contributed by atoms with van der Waals surface area (Å²) in [6, 6.07) is 5.69. The van der Waals surface area contributed by atoms with Crippen molar-refractivity contribution in [3.05, 3.63) is 42.0 Å². The summed E-state index contributed by atoms with van der Waals surface area (Å²) in [4.78, 5) is 5.82. The Labute approximate surface area is 131 Å². The summed E-state index contributed by atoms with van der Waals surface area (Å²) in [5.41, 5.74) is -0.733. The number of nitrogens with zero attached hydrogens (tertiary/aromatic N) is 5. The van der Waals surface area contributed by atoms with E-state index in [4.69, 9.17) is 5.26 Å². The second kappa shape index (κ2) is 5.91. The fourth-order valence-electron chi connectivity index (χ4n) is 2.86. The second-order valence-corrected chi connectivity index (χ2v) is 5.43. The summed E-state index contributed by atoms with van der Waals surface area (Å²) in [7, 11) is 0. The van der Waals surface area contributed by atoms with Crippen LogP contribution in [0.2, 0.25) is 0 Å². The maximum absolute atomic E-state index is 13.0. The summed E-state index contributed by atoms with van der Waals surface area (Å²) < 4.78 is 40.9. The molecule has 0 amide bonds. The van der Waals surface area contributed by atoms with E-state index in [-0.39, 0.29) is 11.6 Å². The third-order valence-corrected chi connectivity index (χ3v) is 4.07. The molecule has 5 nitrogen and oxygen atoms in total. The molecule has 8 heteroatoms. The van der Waals surface area contributed by atoms with Crippen LogP contribution in [0.3, 0.4) is 0 Å². The van der Waals surface area contributed by atoms with E-state index in [1.165, 1.54) is 12.4 Å². The molecule has 0 N–H and O–H groups in total. The van der Waals surface area contributed by atoms with Crippen LogP contribution in [0.5, 0.6) is 0 Å². The molecular formula is C15H14F3N5. The standard InChI is InChI=1S/C15H14F3N5/c16-15(17,18)14-7-13(2-1-11(14)8-19)22-5-3-12(4-6-22)23-10-20-9-21-23/h1-2,7,9-10,12H,3-6H2. The van der Waals surface area contributed by atoms with Gasteiger partial charge in [-0.25, -0.2) is 9.67 Å². The molecule has 23 heavy (non-hydrogen) atoms. The molecule has 1 aromatic carbocycles. The number of halogens is 3. The highest BCUT2D eigenvalue weighted by molar-refractivity contribution is 5.55. The van der Waals surface area contributed by atoms with Gasteiger partial charge in [0.15, 0.2) is 0 Å². The second-order valence-electron chi connectivity index (χ2n) is 5.43. The lowest BCUT2D eigenvalue weighted by atomic mass is 10.0. The van der Waals surface area contributed by atoms with Gasteiger partial charge in [-0.05, 0) is 31.0 Å². The van der Waals surface area contributed by atoms with Crippen LogP contribution >= 0.6 is 0 Å². The number of piperidine rings is 1. The zero-order chi connectivity index (χ0) is 16.4. The first-order chi connectivity index (χ1) is 11.0. The highest BCUT2D eigenvalue weighted by Gasteiger charge is 2.34. The van der Waals surface area contributed by atoms with Crippen LogP contribution in [0.15, 0.2) is 30.9 Å². The largest absolute Gasteiger partial charge is 0.417 e. The number of anilines is 1. The van der Waals surface area contributed by atoms with Gasteiger partial charge in [0.25, 0.3) is 0 Å². The van der Waals surface area contributed by atoms with Crippen molar-refractivity contribution in [1.29, 1.82) is 5.26 Å². The van der Waals surface area contributed by atoms with E-state index in [1.807, 2.05) is 4.90 Å². The van der Waals surface area contributed by atoms with Crippen molar-refractivity contribution in [1.82, 2.24) is 14.8 Å². The first kappa shape index (κ1) is 15.3. The first-order valence-electron chi connectivity index (χ1n) is 7.19. The summed E-state index contributed by atoms with van der Waals surface area (Å²) in [6.45, 7) is 1.27. The van der Waals surface area contributed by atoms with Crippen LogP contribution in [0.4, 0.5) is 18.9 Å². The Kier molecular flexibility index (Phi) is 3.94. The van der Waals surface area contributed by atoms with Gasteiger partial charge >= 0.3 is 6.18 Å². The molecule has 2 heterocycles. The smallest absolute Gasteiger partial charge is 0.371 e. The number of aromatic nitrogens is 3. The third kappa shape index (κ3) is 3.13. The minimum absolute atomic E-state index is 0.217. The summed E-state index contributed by atoms with van der Waals surface area (Å²) in [6.07, 6.45) is 0.169. The zero-order valence-corrected chi connectivity index (χ0v) is 12.2. The van der Waals surface area contributed by atoms with E-state index in [2.05, 4.69) is 10.1 Å². The number of hydrogen-bond acceptors (Lipinski definition) is 4. The van der Waals surface area contributed by atoms with Crippen LogP contribution in [-0.4, -0.2) is 27.9 Å². The molecule has 1 fully saturated rings. The topological polar surface area (TPSA) is 57.7 Å². The fourth-order valence-corrected chi connectivity index (χ4v) is 2.86. The van der Waals surface area contributed by atoms with Gasteiger partial charge < -0.3 is 4.90 Å². The fraction of sp³-hybridized carbons (Fsp3) is 0.400. The van der Waals surface area contributed by atoms with Crippen LogP contribution in [0, 0.1) is 11.3 Å². The van der Waals surface area contributed by atoms with Crippen LogP contribution in [0.1, 0.15) is 30.0 Å². The quantitative estimate of drug-likeness (QED) is 0.853. The average Bonchev–Trinajstić information content (AvgIpc) is 3.08. The molecule has 0 atom stereocenters. The minimum Gasteiger partial charge on any atom is -0.371 e. The van der Waals surface area contributed by atoms with Gasteiger partial charge in [-0.3, -0.25) is 0 Å². The van der Waals surface area contributed by atoms with Crippen molar-refractivity contribution >= 4 is 5.69 Å². The van der Waals surface area contributed by atoms with E-state index in [0.717, 1.165) is 18.9 Å². The minimum atomic E-state index is -4.53. The van der Waals surface area contributed by atoms with Gasteiger partial charge in [-0.2, -0.15) is 23.5 Å². The van der Waals surface area contributed by atoms with Gasteiger partial charge in [0.1, 0.15) is 12.7 Å². The monoisotopic (exact) mass is 321 g/mol. The number of nitriles is 1. The van der Waals surface area contributed by atoms with Gasteiger partial charge in [0.05, 0.1) is 23.2 Å². The molecule has 0 saturated carbocycles. The predicted octanol–water partition coefficient (Wildman–Crippen LogP) is 3.01. The predicted molar refractivity (Wildman–Crippen MR) is 76.7 cm³/mol. The molecule has 3 rings (SSSR count). The first-order valence-corrected chi connectivity index (χ1v) is 7.19. The molecule has 0 spiro atoms. The summed E-state index contributed by atoms with van der Waals surface area (Å²) in [5, 5.41) is 13.0. The van der Waals surface area contributed by atoms with Crippen molar-refractivity contribution in [2.75, 3.05) is 18.0 Å². The van der Waals surface area contributed by atoms with E-state index in [1.54, 1.807) is 23.1 Å². The van der Waals surface area contributed by atoms with Crippen molar-refractivity contribution in [3.8, 4) is 6.07 Å². The Bertz CT molecular complexity index is 710. The van der Waals surface area contributed by atoms with Crippen molar-refractivity contribution in [2.45, 2.75) is 25.1 Å². The Morgan fingerprint density at radius 3 is 2.52 bits per heavy atom. The van der Waals surface area contributed by atoms with E-state index in [9.17, 15) is 13.2 Å². The molecule has 1 aliphatic rings. The van der Waals surface area contributed by atoms with Gasteiger partial charge in [0.2, 0.25) is 0 Å². The molecule has 1 aliphatic heterocycles. The molecule has 0 bridgehead atoms. The lowest BCUT2D eigenvalue weighted by Crippen LogP contribution is -2.35. The molecule has 1 aromatic heterocycles. The summed E-state index contributed by atoms with van der Waals surface area (Å²) >= 11 is 0. The molecule has 1 saturated heterocycles. The maximum atomic E-state index is 13.0. The third-order valence-electron chi connectivity index (χ3n) is 4.07. The molecular weight excluding hydrogens is 307 g/mol. The normalized spacial score (nSPS) is 16.3. The van der Waals surface area contributed by atoms with Crippen molar-refractivity contribution < 1.29 is 13.2 Å². The molecule has 0 radical (unpaired) electrons. The lowest BCUT2D eigenvalue weighted by molar-refractivity contribution is -0.137. The van der Waals surface area contributed by atoms with E-state index < -0.39 is 11.7 Å². The average molecular weight is 321 g/mol. The SMILES string of the molecule is N#Cc1ccc(N2CCC(n3cncn3)CC2)cc1C(F)(F)F. The molecule has 120 valence electrons. The lowest BCUT2D eigenvalue weighted by Gasteiger charge is -2.33. The van der Waals surface area contributed by atoms with E-state index >= 15 is 0 Å². The number of alkyl halides is 3. The molecule has 0 aliphatic carbocycles. The van der Waals surface area contributed by atoms with E-state index in [0.29, 0.717) is 18.8 Å². The van der Waals surface area contributed by atoms with Gasteiger partial charge in [-0.15, -0.1) is 0 Å². The Balaban J connectivity index is 1.77. The number of hydrogen-bond donors (Lipinski definition) is 0. The molecule has 0 unspecified atom stereocenters. The van der Waals surface area contributed by atoms with Crippen LogP contribution in [0.25, 0.3) is 0 Å². The zero-order valence-electron chi connectivity index (χ0n) is 12.2. The highest BCUT2D eigenvalue weighted by Crippen LogP contribution is 2.35. The van der Waals surface area contributed by atoms with Crippen molar-refractivity contribution in [2.24, 2.45) is 0 Å². The van der Waals surface area contributed by atoms with Crippen LogP contribution in [-0.2, 0) is 6.18 Å². The van der Waals surface area contributed by atoms with Gasteiger partial charge in [0, 0.05) is 18.8 Å². The summed E-state index contributed by atoms with van der Waals surface area (Å²) in [5.74, 6) is 0. The van der Waals surface area contributed by atoms with Crippen LogP contribution < -0.4 is 4.90 Å². The Hall–Kier alpha value is -2.56.